The number of hydrogen-bond donors (Lipinski definition) is 0. The second-order valence-electron chi connectivity index (χ2n) is 7.51. The summed E-state index contributed by atoms with van der Waals surface area (Å²) in [6.07, 6.45) is 2.45. The molecule has 1 aliphatic rings. The third kappa shape index (κ3) is 3.30. The molecule has 1 atom stereocenters. The average molecular weight is 415 g/mol. The Morgan fingerprint density at radius 3 is 2.71 bits per heavy atom. The van der Waals surface area contributed by atoms with Crippen LogP contribution in [-0.2, 0) is 6.54 Å². The minimum atomic E-state index is -0.598. The Balaban J connectivity index is 1.69. The van der Waals surface area contributed by atoms with Crippen molar-refractivity contribution in [2.45, 2.75) is 25.9 Å². The molecule has 0 saturated carbocycles. The van der Waals surface area contributed by atoms with E-state index < -0.39 is 6.04 Å². The standard InChI is InChI=1S/C25H21NO5/c1-2-12-29-17-8-5-7-16(14-17)22-21-23(27)19-10-3-4-11-20(19)31-24(21)25(28)26(22)15-18-9-6-13-30-18/h3-11,13-14,22H,2,12,15H2,1H3. The molecule has 0 radical (unpaired) electrons. The number of ether oxygens (including phenoxy) is 1. The number of nitrogens with zero attached hydrogens (tertiary/aromatic N) is 1. The van der Waals surface area contributed by atoms with Gasteiger partial charge < -0.3 is 18.5 Å². The zero-order valence-corrected chi connectivity index (χ0v) is 17.0. The first kappa shape index (κ1) is 19.2. The summed E-state index contributed by atoms with van der Waals surface area (Å²) in [7, 11) is 0. The highest BCUT2D eigenvalue weighted by Gasteiger charge is 2.43. The van der Waals surface area contributed by atoms with Crippen LogP contribution >= 0.6 is 0 Å². The molecule has 0 aliphatic carbocycles. The van der Waals surface area contributed by atoms with Gasteiger partial charge in [0, 0.05) is 0 Å². The Labute approximate surface area is 178 Å². The van der Waals surface area contributed by atoms with E-state index in [1.54, 1.807) is 47.6 Å². The van der Waals surface area contributed by atoms with Crippen LogP contribution in [0, 0.1) is 0 Å². The van der Waals surface area contributed by atoms with E-state index >= 15 is 0 Å². The number of hydrogen-bond acceptors (Lipinski definition) is 5. The fraction of sp³-hybridized carbons (Fsp3) is 0.200. The molecule has 3 heterocycles. The summed E-state index contributed by atoms with van der Waals surface area (Å²) < 4.78 is 17.2. The van der Waals surface area contributed by atoms with Gasteiger partial charge in [-0.05, 0) is 48.4 Å². The second kappa shape index (κ2) is 7.80. The predicted molar refractivity (Wildman–Crippen MR) is 115 cm³/mol. The summed E-state index contributed by atoms with van der Waals surface area (Å²) in [6.45, 7) is 2.85. The van der Waals surface area contributed by atoms with Crippen LogP contribution in [0.15, 0.2) is 80.6 Å². The lowest BCUT2D eigenvalue weighted by Crippen LogP contribution is -2.29. The Kier molecular flexibility index (Phi) is 4.82. The zero-order valence-electron chi connectivity index (χ0n) is 17.0. The number of para-hydroxylation sites is 1. The number of carbonyl (C=O) groups is 1. The molecule has 6 heteroatoms. The molecule has 5 rings (SSSR count). The van der Waals surface area contributed by atoms with Gasteiger partial charge in [-0.25, -0.2) is 0 Å². The first-order valence-electron chi connectivity index (χ1n) is 10.3. The topological polar surface area (TPSA) is 72.9 Å². The summed E-state index contributed by atoms with van der Waals surface area (Å²) in [6, 6.07) is 17.5. The highest BCUT2D eigenvalue weighted by Crippen LogP contribution is 2.40. The largest absolute Gasteiger partial charge is 0.494 e. The summed E-state index contributed by atoms with van der Waals surface area (Å²) >= 11 is 0. The van der Waals surface area contributed by atoms with Crippen LogP contribution in [0.3, 0.4) is 0 Å². The van der Waals surface area contributed by atoms with Crippen molar-refractivity contribution < 1.29 is 18.4 Å². The molecule has 0 N–H and O–H groups in total. The van der Waals surface area contributed by atoms with Gasteiger partial charge in [0.2, 0.25) is 5.76 Å². The number of benzene rings is 2. The van der Waals surface area contributed by atoms with Gasteiger partial charge in [-0.2, -0.15) is 0 Å². The van der Waals surface area contributed by atoms with Crippen LogP contribution in [0.5, 0.6) is 5.75 Å². The molecule has 31 heavy (non-hydrogen) atoms. The molecule has 0 spiro atoms. The van der Waals surface area contributed by atoms with E-state index in [4.69, 9.17) is 13.6 Å². The minimum absolute atomic E-state index is 0.0835. The lowest BCUT2D eigenvalue weighted by atomic mass is 9.98. The molecule has 156 valence electrons. The van der Waals surface area contributed by atoms with Crippen molar-refractivity contribution in [3.8, 4) is 5.75 Å². The molecular formula is C25H21NO5. The molecule has 4 aromatic rings. The summed E-state index contributed by atoms with van der Waals surface area (Å²) in [4.78, 5) is 28.5. The fourth-order valence-corrected chi connectivity index (χ4v) is 4.04. The Morgan fingerprint density at radius 1 is 1.03 bits per heavy atom. The van der Waals surface area contributed by atoms with Gasteiger partial charge in [-0.3, -0.25) is 9.59 Å². The van der Waals surface area contributed by atoms with E-state index in [0.717, 1.165) is 12.0 Å². The van der Waals surface area contributed by atoms with Crippen molar-refractivity contribution in [3.05, 3.63) is 99.8 Å². The number of rotatable bonds is 6. The summed E-state index contributed by atoms with van der Waals surface area (Å²) in [5.74, 6) is 1.07. The average Bonchev–Trinajstić information content (AvgIpc) is 3.40. The number of amides is 1. The Hall–Kier alpha value is -3.80. The minimum Gasteiger partial charge on any atom is -0.494 e. The molecule has 1 unspecified atom stereocenters. The molecule has 1 amide bonds. The molecule has 2 aromatic heterocycles. The molecule has 0 saturated heterocycles. The van der Waals surface area contributed by atoms with Crippen LogP contribution in [0.1, 0.15) is 46.8 Å². The number of fused-ring (bicyclic) bond motifs is 2. The van der Waals surface area contributed by atoms with Gasteiger partial charge in [0.15, 0.2) is 5.43 Å². The molecule has 1 aliphatic heterocycles. The lowest BCUT2D eigenvalue weighted by molar-refractivity contribution is 0.0701. The molecule has 2 aromatic carbocycles. The molecule has 6 nitrogen and oxygen atoms in total. The number of carbonyl (C=O) groups excluding carboxylic acids is 1. The SMILES string of the molecule is CCCOc1cccc(C2c3c(oc4ccccc4c3=O)C(=O)N2Cc2ccco2)c1. The van der Waals surface area contributed by atoms with Crippen LogP contribution < -0.4 is 10.2 Å². The van der Waals surface area contributed by atoms with Crippen molar-refractivity contribution >= 4 is 16.9 Å². The van der Waals surface area contributed by atoms with Crippen LogP contribution in [0.4, 0.5) is 0 Å². The second-order valence-corrected chi connectivity index (χ2v) is 7.51. The van der Waals surface area contributed by atoms with E-state index in [2.05, 4.69) is 0 Å². The van der Waals surface area contributed by atoms with Gasteiger partial charge >= 0.3 is 0 Å². The predicted octanol–water partition coefficient (Wildman–Crippen LogP) is 4.92. The maximum Gasteiger partial charge on any atom is 0.291 e. The fourth-order valence-electron chi connectivity index (χ4n) is 4.04. The quantitative estimate of drug-likeness (QED) is 0.447. The van der Waals surface area contributed by atoms with E-state index in [0.29, 0.717) is 34.6 Å². The Morgan fingerprint density at radius 2 is 1.90 bits per heavy atom. The third-order valence-electron chi connectivity index (χ3n) is 5.43. The summed E-state index contributed by atoms with van der Waals surface area (Å²) in [5.41, 5.74) is 1.34. The van der Waals surface area contributed by atoms with Crippen molar-refractivity contribution in [1.82, 2.24) is 4.90 Å². The van der Waals surface area contributed by atoms with Gasteiger partial charge in [-0.15, -0.1) is 0 Å². The molecular weight excluding hydrogens is 394 g/mol. The van der Waals surface area contributed by atoms with Gasteiger partial charge in [0.1, 0.15) is 17.1 Å². The third-order valence-corrected chi connectivity index (χ3v) is 5.43. The smallest absolute Gasteiger partial charge is 0.291 e. The van der Waals surface area contributed by atoms with E-state index in [1.165, 1.54) is 0 Å². The van der Waals surface area contributed by atoms with Crippen molar-refractivity contribution in [3.63, 3.8) is 0 Å². The lowest BCUT2D eigenvalue weighted by Gasteiger charge is -2.24. The first-order valence-corrected chi connectivity index (χ1v) is 10.3. The molecule has 0 bridgehead atoms. The Bertz CT molecular complexity index is 1310. The monoisotopic (exact) mass is 415 g/mol. The van der Waals surface area contributed by atoms with Crippen molar-refractivity contribution in [2.75, 3.05) is 6.61 Å². The van der Waals surface area contributed by atoms with E-state index in [1.807, 2.05) is 31.2 Å². The van der Waals surface area contributed by atoms with Gasteiger partial charge in [0.05, 0.1) is 36.4 Å². The highest BCUT2D eigenvalue weighted by molar-refractivity contribution is 5.99. The summed E-state index contributed by atoms with van der Waals surface area (Å²) in [5, 5.41) is 0.456. The highest BCUT2D eigenvalue weighted by atomic mass is 16.5. The van der Waals surface area contributed by atoms with Crippen LogP contribution in [0.25, 0.3) is 11.0 Å². The van der Waals surface area contributed by atoms with Crippen molar-refractivity contribution in [1.29, 1.82) is 0 Å². The maximum absolute atomic E-state index is 13.5. The van der Waals surface area contributed by atoms with Crippen LogP contribution in [0.2, 0.25) is 0 Å². The van der Waals surface area contributed by atoms with Gasteiger partial charge in [0.25, 0.3) is 5.91 Å². The normalized spacial score (nSPS) is 15.5. The first-order chi connectivity index (χ1) is 15.2. The zero-order chi connectivity index (χ0) is 21.4. The number of furan rings is 1. The van der Waals surface area contributed by atoms with Crippen molar-refractivity contribution in [2.24, 2.45) is 0 Å². The van der Waals surface area contributed by atoms with E-state index in [-0.39, 0.29) is 23.6 Å². The van der Waals surface area contributed by atoms with Crippen LogP contribution in [-0.4, -0.2) is 17.4 Å². The van der Waals surface area contributed by atoms with E-state index in [9.17, 15) is 9.59 Å². The maximum atomic E-state index is 13.5. The van der Waals surface area contributed by atoms with Gasteiger partial charge in [-0.1, -0.05) is 31.2 Å². The molecule has 0 fully saturated rings.